The third-order valence-electron chi connectivity index (χ3n) is 9.31. The number of rotatable bonds is 6. The normalized spacial score (nSPS) is 11.3. The van der Waals surface area contributed by atoms with Crippen LogP contribution in [0.2, 0.25) is 0 Å². The Morgan fingerprint density at radius 1 is 0.360 bits per heavy atom. The van der Waals surface area contributed by atoms with Crippen LogP contribution in [0.25, 0.3) is 89.5 Å². The van der Waals surface area contributed by atoms with Gasteiger partial charge < -0.3 is 4.42 Å². The summed E-state index contributed by atoms with van der Waals surface area (Å²) in [6.45, 7) is 2.16. The van der Waals surface area contributed by atoms with E-state index in [-0.39, 0.29) is 0 Å². The Balaban J connectivity index is 1.22. The van der Waals surface area contributed by atoms with Gasteiger partial charge in [-0.15, -0.1) is 0 Å². The Labute approximate surface area is 290 Å². The maximum atomic E-state index is 6.46. The maximum absolute atomic E-state index is 6.46. The molecule has 0 radical (unpaired) electrons. The molecule has 50 heavy (non-hydrogen) atoms. The van der Waals surface area contributed by atoms with Crippen molar-refractivity contribution in [2.45, 2.75) is 6.92 Å². The molecule has 0 aliphatic heterocycles. The van der Waals surface area contributed by atoms with Crippen LogP contribution in [0.1, 0.15) is 5.56 Å². The minimum Gasteiger partial charge on any atom is -0.456 e. The van der Waals surface area contributed by atoms with Crippen molar-refractivity contribution in [3.8, 4) is 67.5 Å². The van der Waals surface area contributed by atoms with Crippen molar-refractivity contribution in [2.75, 3.05) is 0 Å². The second kappa shape index (κ2) is 12.4. The van der Waals surface area contributed by atoms with Gasteiger partial charge in [0.15, 0.2) is 17.5 Å². The summed E-state index contributed by atoms with van der Waals surface area (Å²) in [7, 11) is 0. The minimum atomic E-state index is 0.587. The number of benzene rings is 7. The second-order valence-corrected chi connectivity index (χ2v) is 12.5. The van der Waals surface area contributed by atoms with E-state index in [0.717, 1.165) is 60.9 Å². The zero-order chi connectivity index (χ0) is 33.4. The molecule has 2 aromatic heterocycles. The molecule has 9 aromatic rings. The van der Waals surface area contributed by atoms with Crippen molar-refractivity contribution >= 4 is 21.9 Å². The second-order valence-electron chi connectivity index (χ2n) is 12.5. The number of furan rings is 1. The van der Waals surface area contributed by atoms with Crippen LogP contribution >= 0.6 is 0 Å². The van der Waals surface area contributed by atoms with Crippen LogP contribution in [0.15, 0.2) is 174 Å². The summed E-state index contributed by atoms with van der Waals surface area (Å²) in [5.41, 5.74) is 12.5. The van der Waals surface area contributed by atoms with E-state index in [1.54, 1.807) is 0 Å². The van der Waals surface area contributed by atoms with Crippen LogP contribution < -0.4 is 0 Å². The molecule has 4 nitrogen and oxygen atoms in total. The first-order chi connectivity index (χ1) is 24.7. The van der Waals surface area contributed by atoms with Crippen LogP contribution in [0.4, 0.5) is 0 Å². The maximum Gasteiger partial charge on any atom is 0.164 e. The average Bonchev–Trinajstić information content (AvgIpc) is 3.57. The van der Waals surface area contributed by atoms with Gasteiger partial charge in [0.25, 0.3) is 0 Å². The van der Waals surface area contributed by atoms with E-state index < -0.39 is 0 Å². The van der Waals surface area contributed by atoms with Crippen molar-refractivity contribution in [3.63, 3.8) is 0 Å². The predicted octanol–water partition coefficient (Wildman–Crippen LogP) is 12.1. The number of aromatic nitrogens is 3. The Kier molecular flexibility index (Phi) is 7.33. The van der Waals surface area contributed by atoms with E-state index in [9.17, 15) is 0 Å². The van der Waals surface area contributed by atoms with E-state index >= 15 is 0 Å². The molecule has 7 aromatic carbocycles. The first kappa shape index (κ1) is 29.5. The molecule has 236 valence electrons. The molecule has 0 atom stereocenters. The third kappa shape index (κ3) is 5.33. The van der Waals surface area contributed by atoms with Gasteiger partial charge in [-0.1, -0.05) is 146 Å². The molecule has 0 spiro atoms. The summed E-state index contributed by atoms with van der Waals surface area (Å²) in [6.07, 6.45) is 0. The Bertz CT molecular complexity index is 2650. The molecule has 2 heterocycles. The van der Waals surface area contributed by atoms with Crippen LogP contribution in [-0.2, 0) is 0 Å². The summed E-state index contributed by atoms with van der Waals surface area (Å²) >= 11 is 0. The van der Waals surface area contributed by atoms with Gasteiger partial charge in [0.2, 0.25) is 0 Å². The SMILES string of the molecule is Cc1ccccc1-c1ccc(-c2nc(-c3ccccc3)nc(-c3ccc4c(c3)oc3cccc(-c5ccccc5)c34)n2)cc1-c1ccccc1. The zero-order valence-electron chi connectivity index (χ0n) is 27.4. The zero-order valence-corrected chi connectivity index (χ0v) is 27.4. The molecule has 0 unspecified atom stereocenters. The quantitative estimate of drug-likeness (QED) is 0.181. The summed E-state index contributed by atoms with van der Waals surface area (Å²) < 4.78 is 6.46. The molecule has 0 fully saturated rings. The first-order valence-corrected chi connectivity index (χ1v) is 16.8. The lowest BCUT2D eigenvalue weighted by molar-refractivity contribution is 0.669. The van der Waals surface area contributed by atoms with Crippen molar-refractivity contribution in [2.24, 2.45) is 0 Å². The lowest BCUT2D eigenvalue weighted by Crippen LogP contribution is -2.00. The molecule has 4 heteroatoms. The molecule has 0 saturated carbocycles. The predicted molar refractivity (Wildman–Crippen MR) is 204 cm³/mol. The number of nitrogens with zero attached hydrogens (tertiary/aromatic N) is 3. The summed E-state index contributed by atoms with van der Waals surface area (Å²) in [6, 6.07) is 58.6. The highest BCUT2D eigenvalue weighted by Crippen LogP contribution is 2.39. The van der Waals surface area contributed by atoms with Crippen LogP contribution in [0.3, 0.4) is 0 Å². The molecular formula is C46H31N3O. The fraction of sp³-hybridized carbons (Fsp3) is 0.0217. The Morgan fingerprint density at radius 2 is 0.900 bits per heavy atom. The molecule has 0 aliphatic carbocycles. The fourth-order valence-corrected chi connectivity index (χ4v) is 6.82. The standard InChI is InChI=1S/C46H31N3O/c1-30-14-11-12-21-36(30)38-26-24-34(28-40(38)32-17-7-3-8-18-32)45-47-44(33-19-9-4-10-20-33)48-46(49-45)35-25-27-39-42(29-35)50-41-23-13-22-37(43(39)41)31-15-5-2-6-16-31/h2-29H,1H3. The molecule has 9 rings (SSSR count). The molecular weight excluding hydrogens is 611 g/mol. The summed E-state index contributed by atoms with van der Waals surface area (Å²) in [5.74, 6) is 1.81. The topological polar surface area (TPSA) is 51.8 Å². The van der Waals surface area contributed by atoms with Crippen molar-refractivity contribution in [3.05, 3.63) is 175 Å². The first-order valence-electron chi connectivity index (χ1n) is 16.8. The van der Waals surface area contributed by atoms with E-state index in [4.69, 9.17) is 19.4 Å². The van der Waals surface area contributed by atoms with E-state index in [2.05, 4.69) is 122 Å². The minimum absolute atomic E-state index is 0.587. The Morgan fingerprint density at radius 3 is 1.58 bits per heavy atom. The van der Waals surface area contributed by atoms with Crippen molar-refractivity contribution in [1.29, 1.82) is 0 Å². The lowest BCUT2D eigenvalue weighted by atomic mass is 9.90. The number of fused-ring (bicyclic) bond motifs is 3. The molecule has 0 aliphatic rings. The average molecular weight is 642 g/mol. The van der Waals surface area contributed by atoms with E-state index in [0.29, 0.717) is 17.5 Å². The van der Waals surface area contributed by atoms with Crippen molar-refractivity contribution < 1.29 is 4.42 Å². The number of hydrogen-bond acceptors (Lipinski definition) is 4. The van der Waals surface area contributed by atoms with Gasteiger partial charge in [-0.3, -0.25) is 0 Å². The highest BCUT2D eigenvalue weighted by atomic mass is 16.3. The van der Waals surface area contributed by atoms with Gasteiger partial charge in [0, 0.05) is 27.5 Å². The van der Waals surface area contributed by atoms with Crippen LogP contribution in [-0.4, -0.2) is 15.0 Å². The van der Waals surface area contributed by atoms with Gasteiger partial charge in [0.05, 0.1) is 0 Å². The van der Waals surface area contributed by atoms with Crippen molar-refractivity contribution in [1.82, 2.24) is 15.0 Å². The highest BCUT2D eigenvalue weighted by Gasteiger charge is 2.18. The monoisotopic (exact) mass is 641 g/mol. The Hall–Kier alpha value is -6.65. The van der Waals surface area contributed by atoms with Crippen LogP contribution in [0, 0.1) is 6.92 Å². The van der Waals surface area contributed by atoms with Gasteiger partial charge >= 0.3 is 0 Å². The van der Waals surface area contributed by atoms with Crippen LogP contribution in [0.5, 0.6) is 0 Å². The number of hydrogen-bond donors (Lipinski definition) is 0. The van der Waals surface area contributed by atoms with Gasteiger partial charge in [-0.25, -0.2) is 15.0 Å². The van der Waals surface area contributed by atoms with Gasteiger partial charge in [-0.2, -0.15) is 0 Å². The largest absolute Gasteiger partial charge is 0.456 e. The summed E-state index contributed by atoms with van der Waals surface area (Å²) in [4.78, 5) is 15.2. The molecule has 0 saturated heterocycles. The third-order valence-corrected chi connectivity index (χ3v) is 9.31. The van der Waals surface area contributed by atoms with E-state index in [1.165, 1.54) is 16.7 Å². The molecule has 0 N–H and O–H groups in total. The summed E-state index contributed by atoms with van der Waals surface area (Å²) in [5, 5.41) is 2.16. The highest BCUT2D eigenvalue weighted by molar-refractivity contribution is 6.13. The van der Waals surface area contributed by atoms with E-state index in [1.807, 2.05) is 54.6 Å². The molecule has 0 amide bonds. The molecule has 0 bridgehead atoms. The van der Waals surface area contributed by atoms with Gasteiger partial charge in [0.1, 0.15) is 11.2 Å². The number of aryl methyl sites for hydroxylation is 1. The lowest BCUT2D eigenvalue weighted by Gasteiger charge is -2.15. The van der Waals surface area contributed by atoms with Gasteiger partial charge in [-0.05, 0) is 70.1 Å². The smallest absolute Gasteiger partial charge is 0.164 e. The fourth-order valence-electron chi connectivity index (χ4n) is 6.82.